The molecule has 0 radical (unpaired) electrons. The third-order valence-electron chi connectivity index (χ3n) is 2.40. The number of nitrogens with one attached hydrogen (secondary N) is 3. The Morgan fingerprint density at radius 1 is 1.00 bits per heavy atom. The van der Waals surface area contributed by atoms with Crippen molar-refractivity contribution in [3.63, 3.8) is 0 Å². The molecule has 0 fully saturated rings. The Kier molecular flexibility index (Phi) is 6.35. The molecule has 0 saturated heterocycles. The molecule has 0 atom stereocenters. The molecule has 0 aliphatic heterocycles. The van der Waals surface area contributed by atoms with Gasteiger partial charge in [0.15, 0.2) is 0 Å². The fourth-order valence-electron chi connectivity index (χ4n) is 1.45. The highest BCUT2D eigenvalue weighted by atomic mass is 19.1. The molecule has 6 heteroatoms. The second kappa shape index (κ2) is 8.07. The van der Waals surface area contributed by atoms with Crippen molar-refractivity contribution in [2.75, 3.05) is 19.6 Å². The van der Waals surface area contributed by atoms with E-state index in [1.54, 1.807) is 12.1 Å². The van der Waals surface area contributed by atoms with Crippen LogP contribution in [-0.2, 0) is 11.2 Å². The number of amides is 3. The van der Waals surface area contributed by atoms with E-state index in [-0.39, 0.29) is 17.8 Å². The number of carbonyl (C=O) groups is 2. The molecule has 5 nitrogen and oxygen atoms in total. The van der Waals surface area contributed by atoms with Gasteiger partial charge in [0, 0.05) is 26.6 Å². The standard InChI is InChI=1S/C13H18FN3O2/c1-10(18)15-8-9-17-13(19)16-7-6-11-2-4-12(14)5-3-11/h2-5H,6-9H2,1H3,(H,15,18)(H2,16,17,19). The summed E-state index contributed by atoms with van der Waals surface area (Å²) in [7, 11) is 0. The minimum Gasteiger partial charge on any atom is -0.355 e. The molecular weight excluding hydrogens is 249 g/mol. The minimum absolute atomic E-state index is 0.126. The molecule has 104 valence electrons. The van der Waals surface area contributed by atoms with Crippen molar-refractivity contribution in [2.45, 2.75) is 13.3 Å². The van der Waals surface area contributed by atoms with Crippen LogP contribution in [0.3, 0.4) is 0 Å². The Morgan fingerprint density at radius 2 is 1.58 bits per heavy atom. The number of hydrogen-bond acceptors (Lipinski definition) is 2. The van der Waals surface area contributed by atoms with E-state index in [9.17, 15) is 14.0 Å². The third-order valence-corrected chi connectivity index (χ3v) is 2.40. The molecule has 3 N–H and O–H groups in total. The highest BCUT2D eigenvalue weighted by molar-refractivity contribution is 5.74. The lowest BCUT2D eigenvalue weighted by molar-refractivity contribution is -0.118. The molecule has 19 heavy (non-hydrogen) atoms. The van der Waals surface area contributed by atoms with Gasteiger partial charge in [-0.15, -0.1) is 0 Å². The van der Waals surface area contributed by atoms with Crippen molar-refractivity contribution in [3.8, 4) is 0 Å². The largest absolute Gasteiger partial charge is 0.355 e. The second-order valence-electron chi connectivity index (χ2n) is 4.04. The summed E-state index contributed by atoms with van der Waals surface area (Å²) >= 11 is 0. The average molecular weight is 267 g/mol. The minimum atomic E-state index is -0.285. The van der Waals surface area contributed by atoms with Crippen molar-refractivity contribution in [2.24, 2.45) is 0 Å². The van der Waals surface area contributed by atoms with Crippen molar-refractivity contribution in [1.29, 1.82) is 0 Å². The topological polar surface area (TPSA) is 70.2 Å². The van der Waals surface area contributed by atoms with Crippen molar-refractivity contribution in [3.05, 3.63) is 35.6 Å². The zero-order valence-corrected chi connectivity index (χ0v) is 10.8. The van der Waals surface area contributed by atoms with Gasteiger partial charge in [0.25, 0.3) is 0 Å². The van der Waals surface area contributed by atoms with Crippen LogP contribution in [0.15, 0.2) is 24.3 Å². The van der Waals surface area contributed by atoms with E-state index in [4.69, 9.17) is 0 Å². The first-order chi connectivity index (χ1) is 9.08. The number of carbonyl (C=O) groups excluding carboxylic acids is 2. The monoisotopic (exact) mass is 267 g/mol. The molecule has 1 aromatic rings. The highest BCUT2D eigenvalue weighted by Gasteiger charge is 1.99. The van der Waals surface area contributed by atoms with Gasteiger partial charge in [-0.3, -0.25) is 4.79 Å². The quantitative estimate of drug-likeness (QED) is 0.667. The lowest BCUT2D eigenvalue weighted by Crippen LogP contribution is -2.40. The molecule has 1 rings (SSSR count). The first kappa shape index (κ1) is 14.9. The molecule has 1 aromatic carbocycles. The zero-order valence-electron chi connectivity index (χ0n) is 10.8. The van der Waals surface area contributed by atoms with Crippen LogP contribution in [0, 0.1) is 5.82 Å². The highest BCUT2D eigenvalue weighted by Crippen LogP contribution is 2.02. The van der Waals surface area contributed by atoms with Gasteiger partial charge in [0.05, 0.1) is 0 Å². The normalized spacial score (nSPS) is 9.79. The fraction of sp³-hybridized carbons (Fsp3) is 0.385. The number of hydrogen-bond donors (Lipinski definition) is 3. The van der Waals surface area contributed by atoms with E-state index in [2.05, 4.69) is 16.0 Å². The van der Waals surface area contributed by atoms with Crippen LogP contribution in [-0.4, -0.2) is 31.6 Å². The molecular formula is C13H18FN3O2. The van der Waals surface area contributed by atoms with Gasteiger partial charge >= 0.3 is 6.03 Å². The van der Waals surface area contributed by atoms with Gasteiger partial charge in [-0.05, 0) is 24.1 Å². The lowest BCUT2D eigenvalue weighted by atomic mass is 10.1. The summed E-state index contributed by atoms with van der Waals surface area (Å²) < 4.78 is 12.7. The molecule has 0 spiro atoms. The van der Waals surface area contributed by atoms with Gasteiger partial charge in [0.1, 0.15) is 5.82 Å². The SMILES string of the molecule is CC(=O)NCCNC(=O)NCCc1ccc(F)cc1. The van der Waals surface area contributed by atoms with Crippen LogP contribution in [0.4, 0.5) is 9.18 Å². The first-order valence-corrected chi connectivity index (χ1v) is 6.08. The summed E-state index contributed by atoms with van der Waals surface area (Å²) in [5, 5.41) is 7.86. The van der Waals surface area contributed by atoms with Crippen LogP contribution >= 0.6 is 0 Å². The Hall–Kier alpha value is -2.11. The Balaban J connectivity index is 2.10. The maximum absolute atomic E-state index is 12.7. The van der Waals surface area contributed by atoms with Crippen molar-refractivity contribution >= 4 is 11.9 Å². The first-order valence-electron chi connectivity index (χ1n) is 6.08. The summed E-state index contributed by atoms with van der Waals surface area (Å²) in [4.78, 5) is 21.9. The summed E-state index contributed by atoms with van der Waals surface area (Å²) in [6, 6.07) is 5.87. The van der Waals surface area contributed by atoms with Crippen molar-refractivity contribution in [1.82, 2.24) is 16.0 Å². The Morgan fingerprint density at radius 3 is 2.21 bits per heavy atom. The van der Waals surface area contributed by atoms with E-state index in [0.717, 1.165) is 5.56 Å². The van der Waals surface area contributed by atoms with E-state index in [1.807, 2.05) is 0 Å². The average Bonchev–Trinajstić information content (AvgIpc) is 2.37. The van der Waals surface area contributed by atoms with Crippen LogP contribution in [0.25, 0.3) is 0 Å². The lowest BCUT2D eigenvalue weighted by Gasteiger charge is -2.08. The number of urea groups is 1. The molecule has 0 aliphatic carbocycles. The van der Waals surface area contributed by atoms with Gasteiger partial charge in [0.2, 0.25) is 5.91 Å². The third kappa shape index (κ3) is 7.03. The predicted molar refractivity (Wildman–Crippen MR) is 70.2 cm³/mol. The summed E-state index contributed by atoms with van der Waals surface area (Å²) in [6.07, 6.45) is 0.638. The van der Waals surface area contributed by atoms with Gasteiger partial charge in [-0.1, -0.05) is 12.1 Å². The second-order valence-corrected chi connectivity index (χ2v) is 4.04. The molecule has 3 amide bonds. The van der Waals surface area contributed by atoms with E-state index in [0.29, 0.717) is 26.1 Å². The molecule has 0 aliphatic rings. The molecule has 0 aromatic heterocycles. The van der Waals surface area contributed by atoms with Crippen LogP contribution < -0.4 is 16.0 Å². The van der Waals surface area contributed by atoms with Crippen LogP contribution in [0.5, 0.6) is 0 Å². The predicted octanol–water partition coefficient (Wildman–Crippen LogP) is 0.803. The van der Waals surface area contributed by atoms with E-state index in [1.165, 1.54) is 19.1 Å². The van der Waals surface area contributed by atoms with Gasteiger partial charge < -0.3 is 16.0 Å². The number of benzene rings is 1. The molecule has 0 unspecified atom stereocenters. The molecule has 0 heterocycles. The smallest absolute Gasteiger partial charge is 0.314 e. The van der Waals surface area contributed by atoms with Gasteiger partial charge in [-0.25, -0.2) is 9.18 Å². The van der Waals surface area contributed by atoms with E-state index < -0.39 is 0 Å². The Bertz CT molecular complexity index is 420. The maximum Gasteiger partial charge on any atom is 0.314 e. The number of halogens is 1. The summed E-state index contributed by atoms with van der Waals surface area (Å²) in [6.45, 7) is 2.67. The molecule has 0 bridgehead atoms. The van der Waals surface area contributed by atoms with Crippen LogP contribution in [0.2, 0.25) is 0 Å². The molecule has 0 saturated carbocycles. The fourth-order valence-corrected chi connectivity index (χ4v) is 1.45. The summed E-state index contributed by atoms with van der Waals surface area (Å²) in [5.74, 6) is -0.397. The van der Waals surface area contributed by atoms with Gasteiger partial charge in [-0.2, -0.15) is 0 Å². The Labute approximate surface area is 111 Å². The number of rotatable bonds is 6. The van der Waals surface area contributed by atoms with E-state index >= 15 is 0 Å². The zero-order chi connectivity index (χ0) is 14.1. The van der Waals surface area contributed by atoms with Crippen LogP contribution in [0.1, 0.15) is 12.5 Å². The van der Waals surface area contributed by atoms with Crippen molar-refractivity contribution < 1.29 is 14.0 Å². The maximum atomic E-state index is 12.7. The summed E-state index contributed by atoms with van der Waals surface area (Å²) in [5.41, 5.74) is 0.958.